The molecule has 9 heteroatoms. The maximum Gasteiger partial charge on any atom is 0.343 e. The highest BCUT2D eigenvalue weighted by Gasteiger charge is 2.13. The number of rotatable bonds is 7. The molecule has 3 rings (SSSR count). The second-order valence-electron chi connectivity index (χ2n) is 5.66. The summed E-state index contributed by atoms with van der Waals surface area (Å²) in [5, 5.41) is 8.93. The summed E-state index contributed by atoms with van der Waals surface area (Å²) in [5.41, 5.74) is 0.468. The summed E-state index contributed by atoms with van der Waals surface area (Å²) in [7, 11) is 0. The molecule has 0 fully saturated rings. The number of nitrogens with one attached hydrogen (secondary N) is 2. The van der Waals surface area contributed by atoms with Crippen molar-refractivity contribution in [2.24, 2.45) is 0 Å². The fourth-order valence-corrected chi connectivity index (χ4v) is 3.18. The molecule has 6 nitrogen and oxygen atoms in total. The van der Waals surface area contributed by atoms with Crippen LogP contribution in [-0.2, 0) is 17.8 Å². The first-order valence-corrected chi connectivity index (χ1v) is 9.08. The van der Waals surface area contributed by atoms with E-state index in [0.29, 0.717) is 18.1 Å². The molecule has 0 bridgehead atoms. The average molecular weight is 390 g/mol. The maximum atomic E-state index is 13.6. The zero-order valence-electron chi connectivity index (χ0n) is 14.1. The minimum atomic E-state index is -0.728. The van der Waals surface area contributed by atoms with E-state index in [4.69, 9.17) is 0 Å². The highest BCUT2D eigenvalue weighted by atomic mass is 32.2. The fraction of sp³-hybridized carbons (Fsp3) is 0.167. The lowest BCUT2D eigenvalue weighted by Crippen LogP contribution is -2.20. The first kappa shape index (κ1) is 18.8. The van der Waals surface area contributed by atoms with Crippen molar-refractivity contribution in [3.63, 3.8) is 0 Å². The molecular formula is C18H16F2N4O2S. The van der Waals surface area contributed by atoms with Gasteiger partial charge in [0.15, 0.2) is 5.16 Å². The number of carbonyl (C=O) groups is 1. The van der Waals surface area contributed by atoms with Crippen LogP contribution in [0.4, 0.5) is 14.5 Å². The lowest BCUT2D eigenvalue weighted by atomic mass is 10.1. The summed E-state index contributed by atoms with van der Waals surface area (Å²) in [4.78, 5) is 23.9. The predicted molar refractivity (Wildman–Crippen MR) is 98.7 cm³/mol. The first-order valence-electron chi connectivity index (χ1n) is 8.10. The third-order valence-electron chi connectivity index (χ3n) is 3.73. The van der Waals surface area contributed by atoms with Gasteiger partial charge in [-0.2, -0.15) is 0 Å². The lowest BCUT2D eigenvalue weighted by molar-refractivity contribution is -0.113. The van der Waals surface area contributed by atoms with Gasteiger partial charge in [-0.05, 0) is 24.1 Å². The second kappa shape index (κ2) is 8.63. The minimum Gasteiger partial charge on any atom is -0.323 e. The van der Waals surface area contributed by atoms with Crippen molar-refractivity contribution in [3.05, 3.63) is 76.2 Å². The Labute approximate surface area is 157 Å². The summed E-state index contributed by atoms with van der Waals surface area (Å²) in [6, 6.07) is 12.5. The summed E-state index contributed by atoms with van der Waals surface area (Å²) in [6.07, 6.45) is 0.633. The Morgan fingerprint density at radius 1 is 1.19 bits per heavy atom. The van der Waals surface area contributed by atoms with Crippen molar-refractivity contribution in [2.45, 2.75) is 18.1 Å². The van der Waals surface area contributed by atoms with E-state index in [9.17, 15) is 18.4 Å². The van der Waals surface area contributed by atoms with Gasteiger partial charge in [-0.3, -0.25) is 9.36 Å². The van der Waals surface area contributed by atoms with E-state index >= 15 is 0 Å². The Hall–Kier alpha value is -2.94. The van der Waals surface area contributed by atoms with Gasteiger partial charge < -0.3 is 5.32 Å². The van der Waals surface area contributed by atoms with Crippen LogP contribution in [0, 0.1) is 11.6 Å². The molecule has 2 N–H and O–H groups in total. The summed E-state index contributed by atoms with van der Waals surface area (Å²) in [5.74, 6) is -2.02. The van der Waals surface area contributed by atoms with Crippen LogP contribution in [0.25, 0.3) is 0 Å². The first-order chi connectivity index (χ1) is 13.0. The monoisotopic (exact) mass is 390 g/mol. The molecule has 0 radical (unpaired) electrons. The topological polar surface area (TPSA) is 79.8 Å². The summed E-state index contributed by atoms with van der Waals surface area (Å²) in [6.45, 7) is 0.405. The summed E-state index contributed by atoms with van der Waals surface area (Å²) >= 11 is 1.03. The average Bonchev–Trinajstić information content (AvgIpc) is 3.02. The molecule has 0 saturated carbocycles. The standard InChI is InChI=1S/C18H16F2N4O2S/c19-13-6-7-14(20)15(10-13)21-16(25)11-27-18-23-22-17(26)24(18)9-8-12-4-2-1-3-5-12/h1-7,10H,8-9,11H2,(H,21,25)(H,22,26). The van der Waals surface area contributed by atoms with Gasteiger partial charge in [0.25, 0.3) is 0 Å². The van der Waals surface area contributed by atoms with E-state index in [-0.39, 0.29) is 17.1 Å². The lowest BCUT2D eigenvalue weighted by Gasteiger charge is -2.07. The molecular weight excluding hydrogens is 374 g/mol. The van der Waals surface area contributed by atoms with E-state index in [1.165, 1.54) is 4.57 Å². The van der Waals surface area contributed by atoms with E-state index in [2.05, 4.69) is 15.5 Å². The number of amides is 1. The minimum absolute atomic E-state index is 0.106. The number of nitrogens with zero attached hydrogens (tertiary/aromatic N) is 2. The molecule has 27 heavy (non-hydrogen) atoms. The van der Waals surface area contributed by atoms with Gasteiger partial charge >= 0.3 is 5.69 Å². The molecule has 2 aromatic carbocycles. The van der Waals surface area contributed by atoms with E-state index in [1.54, 1.807) is 0 Å². The normalized spacial score (nSPS) is 10.7. The van der Waals surface area contributed by atoms with Crippen LogP contribution in [0.3, 0.4) is 0 Å². The number of carbonyl (C=O) groups excluding carboxylic acids is 1. The Bertz CT molecular complexity index is 989. The molecule has 0 unspecified atom stereocenters. The molecule has 0 aliphatic rings. The molecule has 1 amide bonds. The van der Waals surface area contributed by atoms with Crippen molar-refractivity contribution in [1.82, 2.24) is 14.8 Å². The number of hydrogen-bond acceptors (Lipinski definition) is 4. The molecule has 1 heterocycles. The largest absolute Gasteiger partial charge is 0.343 e. The van der Waals surface area contributed by atoms with Crippen molar-refractivity contribution in [1.29, 1.82) is 0 Å². The molecule has 0 saturated heterocycles. The number of anilines is 1. The van der Waals surface area contributed by atoms with Gasteiger partial charge in [0.2, 0.25) is 5.91 Å². The molecule has 140 valence electrons. The van der Waals surface area contributed by atoms with Gasteiger partial charge in [0, 0.05) is 12.6 Å². The van der Waals surface area contributed by atoms with Crippen molar-refractivity contribution in [3.8, 4) is 0 Å². The molecule has 0 aliphatic heterocycles. The number of benzene rings is 2. The van der Waals surface area contributed by atoms with Crippen LogP contribution in [0.5, 0.6) is 0 Å². The Morgan fingerprint density at radius 3 is 2.74 bits per heavy atom. The van der Waals surface area contributed by atoms with Gasteiger partial charge in [-0.1, -0.05) is 42.1 Å². The third kappa shape index (κ3) is 5.04. The quantitative estimate of drug-likeness (QED) is 0.608. The van der Waals surface area contributed by atoms with E-state index < -0.39 is 17.5 Å². The van der Waals surface area contributed by atoms with Crippen LogP contribution in [-0.4, -0.2) is 26.4 Å². The van der Waals surface area contributed by atoms with Crippen LogP contribution < -0.4 is 11.0 Å². The zero-order valence-corrected chi connectivity index (χ0v) is 14.9. The number of hydrogen-bond donors (Lipinski definition) is 2. The Kier molecular flexibility index (Phi) is 6.02. The number of aromatic amines is 1. The van der Waals surface area contributed by atoms with Gasteiger partial charge in [0.05, 0.1) is 11.4 Å². The number of thioether (sulfide) groups is 1. The smallest absolute Gasteiger partial charge is 0.323 e. The Morgan fingerprint density at radius 2 is 1.96 bits per heavy atom. The maximum absolute atomic E-state index is 13.6. The van der Waals surface area contributed by atoms with Crippen molar-refractivity contribution in [2.75, 3.05) is 11.1 Å². The SMILES string of the molecule is O=C(CSc1n[nH]c(=O)n1CCc1ccccc1)Nc1cc(F)ccc1F. The van der Waals surface area contributed by atoms with Gasteiger partial charge in [0.1, 0.15) is 11.6 Å². The van der Waals surface area contributed by atoms with E-state index in [1.807, 2.05) is 30.3 Å². The van der Waals surface area contributed by atoms with E-state index in [0.717, 1.165) is 35.5 Å². The molecule has 0 atom stereocenters. The number of halogens is 2. The number of aryl methyl sites for hydroxylation is 1. The zero-order chi connectivity index (χ0) is 19.2. The third-order valence-corrected chi connectivity index (χ3v) is 4.70. The molecule has 0 aliphatic carbocycles. The highest BCUT2D eigenvalue weighted by molar-refractivity contribution is 7.99. The molecule has 1 aromatic heterocycles. The Balaban J connectivity index is 1.60. The van der Waals surface area contributed by atoms with Crippen molar-refractivity contribution < 1.29 is 13.6 Å². The van der Waals surface area contributed by atoms with Crippen LogP contribution in [0.15, 0.2) is 58.5 Å². The number of aromatic nitrogens is 3. The van der Waals surface area contributed by atoms with Gasteiger partial charge in [-0.15, -0.1) is 5.10 Å². The fourth-order valence-electron chi connectivity index (χ4n) is 2.41. The van der Waals surface area contributed by atoms with Crippen LogP contribution in [0.1, 0.15) is 5.56 Å². The van der Waals surface area contributed by atoms with Crippen LogP contribution in [0.2, 0.25) is 0 Å². The number of H-pyrrole nitrogens is 1. The highest BCUT2D eigenvalue weighted by Crippen LogP contribution is 2.18. The van der Waals surface area contributed by atoms with Gasteiger partial charge in [-0.25, -0.2) is 18.7 Å². The molecule has 3 aromatic rings. The predicted octanol–water partition coefficient (Wildman–Crippen LogP) is 2.82. The molecule has 0 spiro atoms. The van der Waals surface area contributed by atoms with Crippen molar-refractivity contribution >= 4 is 23.4 Å². The van der Waals surface area contributed by atoms with Crippen LogP contribution >= 0.6 is 11.8 Å². The summed E-state index contributed by atoms with van der Waals surface area (Å²) < 4.78 is 28.2. The second-order valence-corrected chi connectivity index (χ2v) is 6.60.